The van der Waals surface area contributed by atoms with Crippen molar-refractivity contribution >= 4 is 38.1 Å². The highest BCUT2D eigenvalue weighted by Gasteiger charge is 2.11. The highest BCUT2D eigenvalue weighted by Crippen LogP contribution is 2.28. The van der Waals surface area contributed by atoms with Crippen molar-refractivity contribution in [2.24, 2.45) is 0 Å². The minimum Gasteiger partial charge on any atom is -0.376 e. The molecule has 2 aromatic heterocycles. The molecule has 0 aliphatic heterocycles. The number of para-hydroxylation sites is 1. The summed E-state index contributed by atoms with van der Waals surface area (Å²) in [6, 6.07) is 14.6. The summed E-state index contributed by atoms with van der Waals surface area (Å²) >= 11 is 1.74. The largest absolute Gasteiger partial charge is 0.376 e. The van der Waals surface area contributed by atoms with Crippen LogP contribution in [0.4, 0.5) is 5.69 Å². The van der Waals surface area contributed by atoms with Crippen LogP contribution < -0.4 is 5.32 Å². The first kappa shape index (κ1) is 12.3. The monoisotopic (exact) mass is 294 g/mol. The minimum absolute atomic E-state index is 0.169. The summed E-state index contributed by atoms with van der Waals surface area (Å²) in [5.74, 6) is 0. The molecule has 0 aliphatic carbocycles. The summed E-state index contributed by atoms with van der Waals surface area (Å²) in [4.78, 5) is 4.70. The Hall–Kier alpha value is -2.40. The van der Waals surface area contributed by atoms with Gasteiger partial charge in [0.15, 0.2) is 0 Å². The Morgan fingerprint density at radius 3 is 3.00 bits per heavy atom. The highest BCUT2D eigenvalue weighted by molar-refractivity contribution is 7.18. The second kappa shape index (κ2) is 4.86. The Kier molecular flexibility index (Phi) is 2.86. The molecule has 4 rings (SSSR count). The predicted molar refractivity (Wildman–Crippen MR) is 87.8 cm³/mol. The molecule has 0 spiro atoms. The van der Waals surface area contributed by atoms with E-state index in [9.17, 15) is 0 Å². The summed E-state index contributed by atoms with van der Waals surface area (Å²) in [7, 11) is 0. The Morgan fingerprint density at radius 1 is 1.19 bits per heavy atom. The third kappa shape index (κ3) is 2.25. The van der Waals surface area contributed by atoms with Gasteiger partial charge < -0.3 is 5.32 Å². The molecular formula is C16H14N4S. The maximum absolute atomic E-state index is 4.70. The molecule has 0 radical (unpaired) electrons. The van der Waals surface area contributed by atoms with Crippen molar-refractivity contribution in [1.29, 1.82) is 0 Å². The van der Waals surface area contributed by atoms with Crippen molar-refractivity contribution < 1.29 is 0 Å². The van der Waals surface area contributed by atoms with Gasteiger partial charge in [0.25, 0.3) is 0 Å². The lowest BCUT2D eigenvalue weighted by atomic mass is 10.2. The fourth-order valence-corrected chi connectivity index (χ4v) is 3.38. The molecule has 4 aromatic rings. The maximum atomic E-state index is 4.70. The molecule has 2 N–H and O–H groups in total. The number of hydrogen-bond donors (Lipinski definition) is 2. The van der Waals surface area contributed by atoms with Crippen LogP contribution >= 0.6 is 11.3 Å². The minimum atomic E-state index is 0.169. The lowest BCUT2D eigenvalue weighted by molar-refractivity contribution is 0.874. The number of thiazole rings is 1. The van der Waals surface area contributed by atoms with Gasteiger partial charge >= 0.3 is 0 Å². The molecule has 0 aliphatic rings. The van der Waals surface area contributed by atoms with Crippen molar-refractivity contribution in [1.82, 2.24) is 15.2 Å². The van der Waals surface area contributed by atoms with Crippen molar-refractivity contribution in [3.05, 3.63) is 53.7 Å². The Labute approximate surface area is 125 Å². The Bertz CT molecular complexity index is 876. The van der Waals surface area contributed by atoms with E-state index in [-0.39, 0.29) is 6.04 Å². The molecule has 0 saturated carbocycles. The first-order valence-corrected chi connectivity index (χ1v) is 7.66. The SMILES string of the molecule is CC(Nc1ccc2cn[nH]c2c1)c1nc2ccccc2s1. The Balaban J connectivity index is 1.63. The smallest absolute Gasteiger partial charge is 0.116 e. The number of aromatic nitrogens is 3. The molecule has 5 heteroatoms. The van der Waals surface area contributed by atoms with Gasteiger partial charge in [-0.3, -0.25) is 5.10 Å². The molecule has 0 saturated heterocycles. The van der Waals surface area contributed by atoms with E-state index in [4.69, 9.17) is 4.98 Å². The van der Waals surface area contributed by atoms with E-state index in [0.717, 1.165) is 27.1 Å². The van der Waals surface area contributed by atoms with Gasteiger partial charge in [0.2, 0.25) is 0 Å². The van der Waals surface area contributed by atoms with Gasteiger partial charge in [0.1, 0.15) is 5.01 Å². The zero-order chi connectivity index (χ0) is 14.2. The highest BCUT2D eigenvalue weighted by atomic mass is 32.1. The zero-order valence-corrected chi connectivity index (χ0v) is 12.3. The number of fused-ring (bicyclic) bond motifs is 2. The van der Waals surface area contributed by atoms with Gasteiger partial charge in [-0.1, -0.05) is 12.1 Å². The lowest BCUT2D eigenvalue weighted by Crippen LogP contribution is -2.05. The van der Waals surface area contributed by atoms with Crippen LogP contribution in [0.15, 0.2) is 48.7 Å². The topological polar surface area (TPSA) is 53.6 Å². The Morgan fingerprint density at radius 2 is 2.10 bits per heavy atom. The van der Waals surface area contributed by atoms with Gasteiger partial charge in [-0.2, -0.15) is 5.10 Å². The quantitative estimate of drug-likeness (QED) is 0.591. The molecule has 2 heterocycles. The summed E-state index contributed by atoms with van der Waals surface area (Å²) < 4.78 is 1.23. The summed E-state index contributed by atoms with van der Waals surface area (Å²) in [5, 5.41) is 12.8. The molecule has 1 atom stereocenters. The van der Waals surface area contributed by atoms with Gasteiger partial charge in [-0.15, -0.1) is 11.3 Å². The molecule has 0 bridgehead atoms. The fraction of sp³-hybridized carbons (Fsp3) is 0.125. The van der Waals surface area contributed by atoms with Crippen LogP contribution in [0.2, 0.25) is 0 Å². The average Bonchev–Trinajstić information content (AvgIpc) is 3.13. The third-order valence-electron chi connectivity index (χ3n) is 3.51. The van der Waals surface area contributed by atoms with Crippen LogP contribution in [0.3, 0.4) is 0 Å². The number of rotatable bonds is 3. The van der Waals surface area contributed by atoms with Gasteiger partial charge in [0.05, 0.1) is 28.0 Å². The van der Waals surface area contributed by atoms with Crippen molar-refractivity contribution in [2.75, 3.05) is 5.32 Å². The molecule has 4 nitrogen and oxygen atoms in total. The fourth-order valence-electron chi connectivity index (χ4n) is 2.41. The van der Waals surface area contributed by atoms with E-state index in [0.29, 0.717) is 0 Å². The zero-order valence-electron chi connectivity index (χ0n) is 11.5. The number of aromatic amines is 1. The summed E-state index contributed by atoms with van der Waals surface area (Å²) in [6.45, 7) is 2.13. The summed E-state index contributed by atoms with van der Waals surface area (Å²) in [5.41, 5.74) is 3.17. The number of nitrogens with zero attached hydrogens (tertiary/aromatic N) is 2. The van der Waals surface area contributed by atoms with Crippen molar-refractivity contribution in [3.8, 4) is 0 Å². The predicted octanol–water partition coefficient (Wildman–Crippen LogP) is 4.35. The standard InChI is InChI=1S/C16H14N4S/c1-10(16-19-13-4-2-3-5-15(13)21-16)18-12-7-6-11-9-17-20-14(11)8-12/h2-10,18H,1H3,(H,17,20). The van der Waals surface area contributed by atoms with Gasteiger partial charge in [-0.25, -0.2) is 4.98 Å². The van der Waals surface area contributed by atoms with E-state index < -0.39 is 0 Å². The second-order valence-electron chi connectivity index (χ2n) is 5.06. The van der Waals surface area contributed by atoms with Crippen LogP contribution in [-0.2, 0) is 0 Å². The van der Waals surface area contributed by atoms with E-state index in [1.165, 1.54) is 4.70 Å². The molecule has 21 heavy (non-hydrogen) atoms. The molecule has 104 valence electrons. The van der Waals surface area contributed by atoms with E-state index >= 15 is 0 Å². The van der Waals surface area contributed by atoms with Crippen LogP contribution in [0, 0.1) is 0 Å². The maximum Gasteiger partial charge on any atom is 0.116 e. The van der Waals surface area contributed by atoms with Crippen LogP contribution in [0.5, 0.6) is 0 Å². The van der Waals surface area contributed by atoms with E-state index in [2.05, 4.69) is 58.8 Å². The van der Waals surface area contributed by atoms with Gasteiger partial charge in [-0.05, 0) is 37.3 Å². The van der Waals surface area contributed by atoms with Crippen LogP contribution in [-0.4, -0.2) is 15.2 Å². The van der Waals surface area contributed by atoms with Crippen molar-refractivity contribution in [2.45, 2.75) is 13.0 Å². The molecule has 0 fully saturated rings. The van der Waals surface area contributed by atoms with Crippen LogP contribution in [0.25, 0.3) is 21.1 Å². The van der Waals surface area contributed by atoms with E-state index in [1.807, 2.05) is 12.3 Å². The average molecular weight is 294 g/mol. The normalized spacial score (nSPS) is 12.8. The number of hydrogen-bond acceptors (Lipinski definition) is 4. The number of nitrogens with one attached hydrogen (secondary N) is 2. The molecule has 0 amide bonds. The molecule has 2 aromatic carbocycles. The molecule has 1 unspecified atom stereocenters. The lowest BCUT2D eigenvalue weighted by Gasteiger charge is -2.12. The first-order chi connectivity index (χ1) is 10.3. The van der Waals surface area contributed by atoms with Crippen molar-refractivity contribution in [3.63, 3.8) is 0 Å². The first-order valence-electron chi connectivity index (χ1n) is 6.85. The second-order valence-corrected chi connectivity index (χ2v) is 6.12. The number of benzene rings is 2. The van der Waals surface area contributed by atoms with E-state index in [1.54, 1.807) is 11.3 Å². The summed E-state index contributed by atoms with van der Waals surface area (Å²) in [6.07, 6.45) is 1.83. The number of anilines is 1. The third-order valence-corrected chi connectivity index (χ3v) is 4.73. The molecular weight excluding hydrogens is 280 g/mol. The van der Waals surface area contributed by atoms with Gasteiger partial charge in [0, 0.05) is 11.1 Å². The number of H-pyrrole nitrogens is 1. The van der Waals surface area contributed by atoms with Crippen LogP contribution in [0.1, 0.15) is 18.0 Å².